The maximum Gasteiger partial charge on any atom is 0.461 e. The number of hydrogen-bond donors (Lipinski definition) is 2. The lowest BCUT2D eigenvalue weighted by Gasteiger charge is -2.16. The SMILES string of the molecule is NC(=O)COc1ccc(C=NNC(=O)c2ccc(OC(F)(F)C(F)F)cc2)cc1. The van der Waals surface area contributed by atoms with Gasteiger partial charge in [0.2, 0.25) is 0 Å². The highest BCUT2D eigenvalue weighted by atomic mass is 19.3. The van der Waals surface area contributed by atoms with Gasteiger partial charge in [0.25, 0.3) is 11.8 Å². The summed E-state index contributed by atoms with van der Waals surface area (Å²) >= 11 is 0. The molecule has 2 amide bonds. The number of rotatable bonds is 9. The molecule has 0 bridgehead atoms. The van der Waals surface area contributed by atoms with Crippen molar-refractivity contribution in [2.45, 2.75) is 12.5 Å². The van der Waals surface area contributed by atoms with E-state index in [0.29, 0.717) is 11.3 Å². The molecular weight excluding hydrogens is 398 g/mol. The summed E-state index contributed by atoms with van der Waals surface area (Å²) in [7, 11) is 0. The fourth-order valence-corrected chi connectivity index (χ4v) is 1.91. The first-order valence-corrected chi connectivity index (χ1v) is 7.97. The molecule has 0 aromatic heterocycles. The predicted molar refractivity (Wildman–Crippen MR) is 94.2 cm³/mol. The van der Waals surface area contributed by atoms with E-state index in [9.17, 15) is 27.2 Å². The monoisotopic (exact) mass is 413 g/mol. The van der Waals surface area contributed by atoms with E-state index in [0.717, 1.165) is 24.3 Å². The lowest BCUT2D eigenvalue weighted by Crippen LogP contribution is -2.33. The van der Waals surface area contributed by atoms with Crippen molar-refractivity contribution in [1.29, 1.82) is 0 Å². The molecule has 2 aromatic rings. The normalized spacial score (nSPS) is 11.5. The lowest BCUT2D eigenvalue weighted by atomic mass is 10.2. The number of ether oxygens (including phenoxy) is 2. The van der Waals surface area contributed by atoms with Crippen molar-refractivity contribution in [2.75, 3.05) is 6.61 Å². The summed E-state index contributed by atoms with van der Waals surface area (Å²) in [5.74, 6) is -1.37. The van der Waals surface area contributed by atoms with E-state index in [1.807, 2.05) is 0 Å². The van der Waals surface area contributed by atoms with Gasteiger partial charge in [-0.3, -0.25) is 9.59 Å². The average Bonchev–Trinajstić information content (AvgIpc) is 2.67. The van der Waals surface area contributed by atoms with E-state index in [-0.39, 0.29) is 12.2 Å². The van der Waals surface area contributed by atoms with E-state index in [4.69, 9.17) is 10.5 Å². The third kappa shape index (κ3) is 6.79. The molecule has 0 aliphatic heterocycles. The summed E-state index contributed by atoms with van der Waals surface area (Å²) in [5.41, 5.74) is 7.83. The van der Waals surface area contributed by atoms with Crippen molar-refractivity contribution in [1.82, 2.24) is 5.43 Å². The highest BCUT2D eigenvalue weighted by Gasteiger charge is 2.43. The Labute approximate surface area is 162 Å². The average molecular weight is 413 g/mol. The van der Waals surface area contributed by atoms with Crippen LogP contribution >= 0.6 is 0 Å². The van der Waals surface area contributed by atoms with E-state index in [1.165, 1.54) is 6.21 Å². The standard InChI is InChI=1S/C18H15F4N3O4/c19-17(20)18(21,22)29-14-7-3-12(4-8-14)16(27)25-24-9-11-1-5-13(6-2-11)28-10-15(23)26/h1-9,17H,10H2,(H2,23,26)(H,25,27). The Bertz CT molecular complexity index is 872. The summed E-state index contributed by atoms with van der Waals surface area (Å²) < 4.78 is 58.8. The van der Waals surface area contributed by atoms with Crippen LogP contribution in [0.3, 0.4) is 0 Å². The predicted octanol–water partition coefficient (Wildman–Crippen LogP) is 2.55. The van der Waals surface area contributed by atoms with E-state index < -0.39 is 30.1 Å². The first-order chi connectivity index (χ1) is 13.7. The Morgan fingerprint density at radius 1 is 1.07 bits per heavy atom. The largest absolute Gasteiger partial charge is 0.484 e. The van der Waals surface area contributed by atoms with Crippen LogP contribution in [0.15, 0.2) is 53.6 Å². The summed E-state index contributed by atoms with van der Waals surface area (Å²) in [6.45, 7) is -0.257. The number of nitrogens with two attached hydrogens (primary N) is 1. The van der Waals surface area contributed by atoms with Crippen molar-refractivity contribution in [2.24, 2.45) is 10.8 Å². The fourth-order valence-electron chi connectivity index (χ4n) is 1.91. The van der Waals surface area contributed by atoms with Gasteiger partial charge in [-0.15, -0.1) is 0 Å². The van der Waals surface area contributed by atoms with Crippen LogP contribution in [0.1, 0.15) is 15.9 Å². The van der Waals surface area contributed by atoms with E-state index in [2.05, 4.69) is 15.3 Å². The molecule has 0 aliphatic carbocycles. The Morgan fingerprint density at radius 3 is 2.21 bits per heavy atom. The van der Waals surface area contributed by atoms with Crippen LogP contribution in [-0.2, 0) is 4.79 Å². The summed E-state index contributed by atoms with van der Waals surface area (Å²) in [6, 6.07) is 10.5. The molecule has 154 valence electrons. The molecule has 7 nitrogen and oxygen atoms in total. The van der Waals surface area contributed by atoms with Crippen molar-refractivity contribution >= 4 is 18.0 Å². The Morgan fingerprint density at radius 2 is 1.66 bits per heavy atom. The number of carbonyl (C=O) groups is 2. The van der Waals surface area contributed by atoms with Crippen LogP contribution in [-0.4, -0.2) is 37.2 Å². The third-order valence-electron chi connectivity index (χ3n) is 3.27. The van der Waals surface area contributed by atoms with Gasteiger partial charge in [0.15, 0.2) is 6.61 Å². The van der Waals surface area contributed by atoms with Gasteiger partial charge in [0, 0.05) is 5.56 Å². The summed E-state index contributed by atoms with van der Waals surface area (Å²) in [6.07, 6.45) is -7.28. The zero-order valence-electron chi connectivity index (χ0n) is 14.7. The molecule has 0 spiro atoms. The third-order valence-corrected chi connectivity index (χ3v) is 3.27. The van der Waals surface area contributed by atoms with Crippen LogP contribution in [0, 0.1) is 0 Å². The summed E-state index contributed by atoms with van der Waals surface area (Å²) in [4.78, 5) is 22.6. The van der Waals surface area contributed by atoms with Crippen molar-refractivity contribution < 1.29 is 36.6 Å². The van der Waals surface area contributed by atoms with Gasteiger partial charge in [-0.25, -0.2) is 5.43 Å². The Kier molecular flexibility index (Phi) is 7.12. The second-order valence-electron chi connectivity index (χ2n) is 5.51. The number of nitrogens with one attached hydrogen (secondary N) is 1. The number of alkyl halides is 4. The molecule has 0 fully saturated rings. The molecule has 0 heterocycles. The molecule has 0 saturated heterocycles. The van der Waals surface area contributed by atoms with Gasteiger partial charge in [-0.2, -0.15) is 22.7 Å². The fraction of sp³-hybridized carbons (Fsp3) is 0.167. The maximum absolute atomic E-state index is 12.8. The number of amides is 2. The Balaban J connectivity index is 1.89. The number of nitrogens with zero attached hydrogens (tertiary/aromatic N) is 1. The maximum atomic E-state index is 12.8. The molecule has 0 atom stereocenters. The van der Waals surface area contributed by atoms with Crippen LogP contribution < -0.4 is 20.6 Å². The van der Waals surface area contributed by atoms with Gasteiger partial charge >= 0.3 is 12.5 Å². The first-order valence-electron chi connectivity index (χ1n) is 7.97. The lowest BCUT2D eigenvalue weighted by molar-refractivity contribution is -0.253. The molecule has 0 saturated carbocycles. The van der Waals surface area contributed by atoms with Crippen LogP contribution in [0.4, 0.5) is 17.6 Å². The molecular formula is C18H15F4N3O4. The minimum Gasteiger partial charge on any atom is -0.484 e. The van der Waals surface area contributed by atoms with Crippen molar-refractivity contribution in [3.63, 3.8) is 0 Å². The van der Waals surface area contributed by atoms with Crippen LogP contribution in [0.2, 0.25) is 0 Å². The number of hydrogen-bond acceptors (Lipinski definition) is 5. The number of carbonyl (C=O) groups excluding carboxylic acids is 2. The highest BCUT2D eigenvalue weighted by Crippen LogP contribution is 2.27. The number of primary amides is 1. The smallest absolute Gasteiger partial charge is 0.461 e. The van der Waals surface area contributed by atoms with E-state index >= 15 is 0 Å². The van der Waals surface area contributed by atoms with Gasteiger partial charge in [0.05, 0.1) is 6.21 Å². The second kappa shape index (κ2) is 9.53. The van der Waals surface area contributed by atoms with Gasteiger partial charge in [-0.1, -0.05) is 0 Å². The van der Waals surface area contributed by atoms with Gasteiger partial charge < -0.3 is 15.2 Å². The second-order valence-corrected chi connectivity index (χ2v) is 5.51. The number of halogens is 4. The van der Waals surface area contributed by atoms with Gasteiger partial charge in [0.1, 0.15) is 11.5 Å². The topological polar surface area (TPSA) is 103 Å². The molecule has 11 heteroatoms. The number of hydrazone groups is 1. The highest BCUT2D eigenvalue weighted by molar-refractivity contribution is 5.95. The molecule has 3 N–H and O–H groups in total. The molecule has 29 heavy (non-hydrogen) atoms. The minimum absolute atomic E-state index is 0.0464. The molecule has 0 unspecified atom stereocenters. The minimum atomic E-state index is -4.63. The van der Waals surface area contributed by atoms with E-state index in [1.54, 1.807) is 24.3 Å². The number of benzene rings is 2. The molecule has 0 radical (unpaired) electrons. The molecule has 0 aliphatic rings. The first kappa shape index (κ1) is 21.7. The van der Waals surface area contributed by atoms with Gasteiger partial charge in [-0.05, 0) is 54.1 Å². The summed E-state index contributed by atoms with van der Waals surface area (Å²) in [5, 5.41) is 3.74. The zero-order chi connectivity index (χ0) is 21.4. The molecule has 2 aromatic carbocycles. The van der Waals surface area contributed by atoms with Crippen LogP contribution in [0.5, 0.6) is 11.5 Å². The quantitative estimate of drug-likeness (QED) is 0.375. The van der Waals surface area contributed by atoms with Crippen molar-refractivity contribution in [3.8, 4) is 11.5 Å². The molecule has 2 rings (SSSR count). The van der Waals surface area contributed by atoms with Crippen molar-refractivity contribution in [3.05, 3.63) is 59.7 Å². The zero-order valence-corrected chi connectivity index (χ0v) is 14.7. The Hall–Kier alpha value is -3.63. The van der Waals surface area contributed by atoms with Crippen LogP contribution in [0.25, 0.3) is 0 Å².